The van der Waals surface area contributed by atoms with E-state index in [1.54, 1.807) is 18.2 Å². The summed E-state index contributed by atoms with van der Waals surface area (Å²) in [4.78, 5) is 13.0. The molecule has 82 valence electrons. The highest BCUT2D eigenvalue weighted by Crippen LogP contribution is 2.48. The summed E-state index contributed by atoms with van der Waals surface area (Å²) in [6, 6.07) is 0. The standard InChI is InChI=1S/C9H18NO3P/c1-13-9(11)10-7-5-4-6-8(10)14(2,3)12/h8H,4-7H2,1-3H3. The average Bonchev–Trinajstić information content (AvgIpc) is 2.15. The first-order valence-corrected chi connectivity index (χ1v) is 7.53. The van der Waals surface area contributed by atoms with Gasteiger partial charge in [-0.2, -0.15) is 0 Å². The summed E-state index contributed by atoms with van der Waals surface area (Å²) in [5.74, 6) is -0.122. The molecule has 1 fully saturated rings. The first-order valence-electron chi connectivity index (χ1n) is 4.86. The molecule has 0 radical (unpaired) electrons. The molecule has 0 aromatic carbocycles. The van der Waals surface area contributed by atoms with E-state index in [1.807, 2.05) is 0 Å². The molecule has 1 atom stereocenters. The average molecular weight is 219 g/mol. The highest BCUT2D eigenvalue weighted by molar-refractivity contribution is 7.63. The number of carbonyl (C=O) groups excluding carboxylic acids is 1. The summed E-state index contributed by atoms with van der Waals surface area (Å²) in [6.07, 6.45) is 2.51. The quantitative estimate of drug-likeness (QED) is 0.635. The Morgan fingerprint density at radius 3 is 2.57 bits per heavy atom. The van der Waals surface area contributed by atoms with Crippen molar-refractivity contribution in [2.24, 2.45) is 0 Å². The first kappa shape index (κ1) is 11.6. The van der Waals surface area contributed by atoms with Crippen molar-refractivity contribution >= 4 is 13.2 Å². The maximum absolute atomic E-state index is 12.0. The fourth-order valence-electron chi connectivity index (χ4n) is 1.89. The van der Waals surface area contributed by atoms with Crippen LogP contribution in [0.2, 0.25) is 0 Å². The number of nitrogens with zero attached hydrogens (tertiary/aromatic N) is 1. The fourth-order valence-corrected chi connectivity index (χ4v) is 3.58. The number of carbonyl (C=O) groups is 1. The second-order valence-corrected chi connectivity index (χ2v) is 7.54. The van der Waals surface area contributed by atoms with Crippen molar-refractivity contribution in [2.75, 3.05) is 27.0 Å². The highest BCUT2D eigenvalue weighted by atomic mass is 31.2. The molecule has 1 heterocycles. The predicted octanol–water partition coefficient (Wildman–Crippen LogP) is 2.19. The van der Waals surface area contributed by atoms with E-state index in [4.69, 9.17) is 0 Å². The van der Waals surface area contributed by atoms with Crippen molar-refractivity contribution in [3.8, 4) is 0 Å². The zero-order valence-corrected chi connectivity index (χ0v) is 9.92. The Balaban J connectivity index is 2.79. The molecule has 0 aliphatic carbocycles. The summed E-state index contributed by atoms with van der Waals surface area (Å²) >= 11 is 0. The van der Waals surface area contributed by atoms with Gasteiger partial charge in [0.1, 0.15) is 7.14 Å². The molecule has 0 bridgehead atoms. The lowest BCUT2D eigenvalue weighted by atomic mass is 10.1. The van der Waals surface area contributed by atoms with Crippen LogP contribution in [0.15, 0.2) is 0 Å². The number of ether oxygens (including phenoxy) is 1. The number of piperidine rings is 1. The minimum atomic E-state index is -2.24. The summed E-state index contributed by atoms with van der Waals surface area (Å²) < 4.78 is 16.6. The molecule has 14 heavy (non-hydrogen) atoms. The number of hydrogen-bond acceptors (Lipinski definition) is 3. The molecule has 1 aliphatic heterocycles. The minimum Gasteiger partial charge on any atom is -0.453 e. The predicted molar refractivity (Wildman–Crippen MR) is 56.2 cm³/mol. The molecule has 0 saturated carbocycles. The van der Waals surface area contributed by atoms with Crippen molar-refractivity contribution in [1.29, 1.82) is 0 Å². The van der Waals surface area contributed by atoms with Crippen LogP contribution in [0.5, 0.6) is 0 Å². The Morgan fingerprint density at radius 1 is 1.43 bits per heavy atom. The van der Waals surface area contributed by atoms with Gasteiger partial charge < -0.3 is 9.30 Å². The summed E-state index contributed by atoms with van der Waals surface area (Å²) in [5.41, 5.74) is 0. The second kappa shape index (κ2) is 4.35. The van der Waals surface area contributed by atoms with Gasteiger partial charge in [-0.15, -0.1) is 0 Å². The Hall–Kier alpha value is -0.500. The van der Waals surface area contributed by atoms with Crippen LogP contribution in [0.1, 0.15) is 19.3 Å². The molecule has 1 rings (SSSR count). The summed E-state index contributed by atoms with van der Waals surface area (Å²) in [6.45, 7) is 4.14. The molecular weight excluding hydrogens is 201 g/mol. The second-order valence-electron chi connectivity index (χ2n) is 4.07. The third-order valence-corrected chi connectivity index (χ3v) is 4.57. The van der Waals surface area contributed by atoms with E-state index < -0.39 is 7.14 Å². The number of methoxy groups -OCH3 is 1. The Morgan fingerprint density at radius 2 is 2.07 bits per heavy atom. The highest BCUT2D eigenvalue weighted by Gasteiger charge is 2.35. The first-order chi connectivity index (χ1) is 6.46. The van der Waals surface area contributed by atoms with Crippen LogP contribution in [-0.2, 0) is 9.30 Å². The molecule has 1 saturated heterocycles. The Labute approximate surface area is 85.0 Å². The van der Waals surface area contributed by atoms with Crippen molar-refractivity contribution in [3.05, 3.63) is 0 Å². The lowest BCUT2D eigenvalue weighted by molar-refractivity contribution is 0.107. The van der Waals surface area contributed by atoms with Crippen molar-refractivity contribution in [3.63, 3.8) is 0 Å². The smallest absolute Gasteiger partial charge is 0.410 e. The van der Waals surface area contributed by atoms with E-state index in [-0.39, 0.29) is 11.9 Å². The monoisotopic (exact) mass is 219 g/mol. The zero-order valence-electron chi connectivity index (χ0n) is 9.02. The van der Waals surface area contributed by atoms with Gasteiger partial charge in [-0.3, -0.25) is 4.90 Å². The van der Waals surface area contributed by atoms with Crippen LogP contribution >= 0.6 is 7.14 Å². The number of amides is 1. The normalized spacial score (nSPS) is 23.4. The maximum Gasteiger partial charge on any atom is 0.410 e. The molecule has 0 aromatic heterocycles. The third kappa shape index (κ3) is 2.50. The van der Waals surface area contributed by atoms with Gasteiger partial charge in [0.05, 0.1) is 12.9 Å². The van der Waals surface area contributed by atoms with Crippen LogP contribution in [0.3, 0.4) is 0 Å². The number of likely N-dealkylation sites (tertiary alicyclic amines) is 1. The Bertz CT molecular complexity index is 261. The van der Waals surface area contributed by atoms with E-state index in [0.29, 0.717) is 6.54 Å². The Kier molecular flexibility index (Phi) is 3.59. The third-order valence-electron chi connectivity index (χ3n) is 2.60. The number of rotatable bonds is 1. The van der Waals surface area contributed by atoms with Gasteiger partial charge in [0, 0.05) is 6.54 Å². The molecule has 0 N–H and O–H groups in total. The van der Waals surface area contributed by atoms with E-state index in [0.717, 1.165) is 19.3 Å². The van der Waals surface area contributed by atoms with Gasteiger partial charge in [-0.1, -0.05) is 0 Å². The van der Waals surface area contributed by atoms with Crippen LogP contribution in [0.25, 0.3) is 0 Å². The minimum absolute atomic E-state index is 0.122. The SMILES string of the molecule is COC(=O)N1CCCCC1P(C)(C)=O. The van der Waals surface area contributed by atoms with Gasteiger partial charge in [0.2, 0.25) is 0 Å². The lowest BCUT2D eigenvalue weighted by Crippen LogP contribution is -2.43. The van der Waals surface area contributed by atoms with Gasteiger partial charge in [-0.05, 0) is 32.6 Å². The lowest BCUT2D eigenvalue weighted by Gasteiger charge is -2.36. The van der Waals surface area contributed by atoms with Crippen molar-refractivity contribution < 1.29 is 14.1 Å². The van der Waals surface area contributed by atoms with Crippen LogP contribution in [0, 0.1) is 0 Å². The molecule has 1 amide bonds. The largest absolute Gasteiger partial charge is 0.453 e. The van der Waals surface area contributed by atoms with Crippen molar-refractivity contribution in [2.45, 2.75) is 25.0 Å². The van der Waals surface area contributed by atoms with Crippen molar-refractivity contribution in [1.82, 2.24) is 4.90 Å². The molecule has 1 unspecified atom stereocenters. The molecular formula is C9H18NO3P. The van der Waals surface area contributed by atoms with E-state index in [9.17, 15) is 9.36 Å². The van der Waals surface area contributed by atoms with E-state index in [2.05, 4.69) is 4.74 Å². The number of hydrogen-bond donors (Lipinski definition) is 0. The van der Waals surface area contributed by atoms with Gasteiger partial charge in [0.25, 0.3) is 0 Å². The summed E-state index contributed by atoms with van der Waals surface area (Å²) in [5, 5.41) is 0. The molecule has 5 heteroatoms. The van der Waals surface area contributed by atoms with Gasteiger partial charge >= 0.3 is 6.09 Å². The molecule has 0 spiro atoms. The molecule has 0 aromatic rings. The molecule has 1 aliphatic rings. The van der Waals surface area contributed by atoms with Crippen LogP contribution in [-0.4, -0.2) is 43.8 Å². The van der Waals surface area contributed by atoms with Gasteiger partial charge in [0.15, 0.2) is 0 Å². The molecule has 4 nitrogen and oxygen atoms in total. The topological polar surface area (TPSA) is 46.6 Å². The van der Waals surface area contributed by atoms with Crippen LogP contribution in [0.4, 0.5) is 4.79 Å². The zero-order chi connectivity index (χ0) is 10.8. The summed E-state index contributed by atoms with van der Waals surface area (Å²) in [7, 11) is -0.874. The van der Waals surface area contributed by atoms with Gasteiger partial charge in [-0.25, -0.2) is 4.79 Å². The van der Waals surface area contributed by atoms with E-state index in [1.165, 1.54) is 7.11 Å². The van der Waals surface area contributed by atoms with Crippen LogP contribution < -0.4 is 0 Å². The fraction of sp³-hybridized carbons (Fsp3) is 0.889. The maximum atomic E-state index is 12.0. The van der Waals surface area contributed by atoms with E-state index >= 15 is 0 Å².